The number of likely N-dealkylation sites (tertiary alicyclic amines) is 1. The highest BCUT2D eigenvalue weighted by atomic mass is 127. The smallest absolute Gasteiger partial charge is 0.357 e. The number of nitrogens with one attached hydrogen (secondary N) is 3. The van der Waals surface area contributed by atoms with Crippen LogP contribution in [0.25, 0.3) is 0 Å². The van der Waals surface area contributed by atoms with E-state index in [4.69, 9.17) is 0 Å². The van der Waals surface area contributed by atoms with Crippen molar-refractivity contribution in [3.8, 4) is 0 Å². The maximum Gasteiger partial charge on any atom is 0.401 e. The highest BCUT2D eigenvalue weighted by Gasteiger charge is 2.34. The fourth-order valence-electron chi connectivity index (χ4n) is 3.06. The van der Waals surface area contributed by atoms with E-state index in [2.05, 4.69) is 20.9 Å². The Kier molecular flexibility index (Phi) is 10.7. The van der Waals surface area contributed by atoms with Gasteiger partial charge in [0.1, 0.15) is 0 Å². The lowest BCUT2D eigenvalue weighted by atomic mass is 10.1. The van der Waals surface area contributed by atoms with Gasteiger partial charge in [0.05, 0.1) is 13.1 Å². The van der Waals surface area contributed by atoms with Crippen molar-refractivity contribution in [1.82, 2.24) is 20.9 Å². The van der Waals surface area contributed by atoms with Gasteiger partial charge in [-0.3, -0.25) is 9.69 Å². The zero-order valence-corrected chi connectivity index (χ0v) is 19.0. The fraction of sp³-hybridized carbons (Fsp3) is 0.579. The maximum atomic E-state index is 12.5. The molecule has 6 nitrogen and oxygen atoms in total. The van der Waals surface area contributed by atoms with Crippen molar-refractivity contribution >= 4 is 35.8 Å². The fourth-order valence-corrected chi connectivity index (χ4v) is 3.06. The van der Waals surface area contributed by atoms with E-state index in [1.165, 1.54) is 4.90 Å². The second-order valence-electron chi connectivity index (χ2n) is 6.73. The number of hydrogen-bond donors (Lipinski definition) is 3. The van der Waals surface area contributed by atoms with Crippen LogP contribution in [0.5, 0.6) is 0 Å². The van der Waals surface area contributed by atoms with Gasteiger partial charge in [0, 0.05) is 37.8 Å². The van der Waals surface area contributed by atoms with Crippen LogP contribution in [0.3, 0.4) is 0 Å². The number of halogens is 4. The highest BCUT2D eigenvalue weighted by Crippen LogP contribution is 2.19. The van der Waals surface area contributed by atoms with Gasteiger partial charge in [-0.15, -0.1) is 24.0 Å². The largest absolute Gasteiger partial charge is 0.401 e. The minimum absolute atomic E-state index is 0. The van der Waals surface area contributed by atoms with Gasteiger partial charge in [0.25, 0.3) is 5.91 Å². The number of rotatable bonds is 7. The van der Waals surface area contributed by atoms with Crippen molar-refractivity contribution in [3.05, 3.63) is 35.4 Å². The average molecular weight is 527 g/mol. The number of carbonyl (C=O) groups excluding carboxylic acids is 1. The molecule has 0 radical (unpaired) electrons. The van der Waals surface area contributed by atoms with Gasteiger partial charge in [-0.05, 0) is 38.0 Å². The number of carbonyl (C=O) groups is 1. The summed E-state index contributed by atoms with van der Waals surface area (Å²) in [5, 5.41) is 9.08. The first kappa shape index (κ1) is 25.5. The van der Waals surface area contributed by atoms with E-state index >= 15 is 0 Å². The quantitative estimate of drug-likeness (QED) is 0.290. The van der Waals surface area contributed by atoms with Crippen molar-refractivity contribution in [2.75, 3.05) is 32.7 Å². The Morgan fingerprint density at radius 1 is 1.17 bits per heavy atom. The van der Waals surface area contributed by atoms with Crippen LogP contribution in [0.1, 0.15) is 36.2 Å². The third kappa shape index (κ3) is 9.20. The van der Waals surface area contributed by atoms with E-state index in [0.29, 0.717) is 50.7 Å². The lowest BCUT2D eigenvalue weighted by Crippen LogP contribution is -2.45. The summed E-state index contributed by atoms with van der Waals surface area (Å²) >= 11 is 0. The Morgan fingerprint density at radius 2 is 1.83 bits per heavy atom. The summed E-state index contributed by atoms with van der Waals surface area (Å²) in [4.78, 5) is 17.7. The van der Waals surface area contributed by atoms with Crippen LogP contribution in [0, 0.1) is 0 Å². The monoisotopic (exact) mass is 527 g/mol. The van der Waals surface area contributed by atoms with E-state index in [1.54, 1.807) is 12.1 Å². The van der Waals surface area contributed by atoms with Crippen molar-refractivity contribution in [3.63, 3.8) is 0 Å². The van der Waals surface area contributed by atoms with Crippen LogP contribution in [0.4, 0.5) is 13.2 Å². The van der Waals surface area contributed by atoms with Crippen LogP contribution in [-0.2, 0) is 6.54 Å². The Morgan fingerprint density at radius 3 is 2.41 bits per heavy atom. The van der Waals surface area contributed by atoms with Crippen molar-refractivity contribution in [1.29, 1.82) is 0 Å². The molecule has 164 valence electrons. The molecular formula is C19H29F3IN5O. The first-order valence-electron chi connectivity index (χ1n) is 9.51. The number of hydrogen-bond acceptors (Lipinski definition) is 3. The van der Waals surface area contributed by atoms with Gasteiger partial charge in [-0.2, -0.15) is 13.2 Å². The summed E-state index contributed by atoms with van der Waals surface area (Å²) in [6.07, 6.45) is -3.53. The summed E-state index contributed by atoms with van der Waals surface area (Å²) in [6, 6.07) is 7.13. The molecular weight excluding hydrogens is 498 g/mol. The lowest BCUT2D eigenvalue weighted by Gasteiger charge is -2.19. The van der Waals surface area contributed by atoms with E-state index in [9.17, 15) is 18.0 Å². The number of aliphatic imine (C=N–C) groups is 1. The molecule has 1 atom stereocenters. The molecule has 1 fully saturated rings. The van der Waals surface area contributed by atoms with E-state index in [0.717, 1.165) is 5.56 Å². The molecule has 3 N–H and O–H groups in total. The molecule has 1 heterocycles. The second-order valence-corrected chi connectivity index (χ2v) is 6.73. The molecule has 29 heavy (non-hydrogen) atoms. The number of benzene rings is 1. The lowest BCUT2D eigenvalue weighted by molar-refractivity contribution is -0.143. The predicted molar refractivity (Wildman–Crippen MR) is 119 cm³/mol. The summed E-state index contributed by atoms with van der Waals surface area (Å²) in [6.45, 7) is 5.31. The van der Waals surface area contributed by atoms with Crippen LogP contribution in [-0.4, -0.2) is 61.7 Å². The first-order chi connectivity index (χ1) is 13.3. The van der Waals surface area contributed by atoms with Gasteiger partial charge in [-0.1, -0.05) is 12.1 Å². The SMILES string of the molecule is CCNC(=O)c1ccc(CN=C(NCC)NC2CCN(CC(F)(F)F)C2)cc1.I. The van der Waals surface area contributed by atoms with E-state index < -0.39 is 12.7 Å². The van der Waals surface area contributed by atoms with E-state index in [-0.39, 0.29) is 35.9 Å². The predicted octanol–water partition coefficient (Wildman–Crippen LogP) is 2.75. The van der Waals surface area contributed by atoms with Gasteiger partial charge in [-0.25, -0.2) is 4.99 Å². The molecule has 1 aromatic rings. The molecule has 1 amide bonds. The molecule has 1 aliphatic heterocycles. The molecule has 0 aliphatic carbocycles. The summed E-state index contributed by atoms with van der Waals surface area (Å²) in [5.74, 6) is 0.464. The zero-order chi connectivity index (χ0) is 20.6. The molecule has 0 bridgehead atoms. The van der Waals surface area contributed by atoms with Gasteiger partial charge >= 0.3 is 6.18 Å². The number of guanidine groups is 1. The minimum atomic E-state index is -4.17. The Labute approximate surface area is 186 Å². The van der Waals surface area contributed by atoms with E-state index in [1.807, 2.05) is 26.0 Å². The van der Waals surface area contributed by atoms with Gasteiger partial charge < -0.3 is 16.0 Å². The normalized spacial score (nSPS) is 17.6. The van der Waals surface area contributed by atoms with Gasteiger partial charge in [0.15, 0.2) is 5.96 Å². The number of amides is 1. The Balaban J connectivity index is 0.00000420. The molecule has 1 unspecified atom stereocenters. The van der Waals surface area contributed by atoms with Crippen LogP contribution in [0.2, 0.25) is 0 Å². The summed E-state index contributed by atoms with van der Waals surface area (Å²) < 4.78 is 37.6. The zero-order valence-electron chi connectivity index (χ0n) is 16.7. The molecule has 0 saturated carbocycles. The Bertz CT molecular complexity index is 667. The number of alkyl halides is 3. The van der Waals surface area contributed by atoms with Crippen LogP contribution < -0.4 is 16.0 Å². The van der Waals surface area contributed by atoms with Crippen molar-refractivity contribution < 1.29 is 18.0 Å². The minimum Gasteiger partial charge on any atom is -0.357 e. The molecule has 0 aromatic heterocycles. The second kappa shape index (κ2) is 12.2. The number of nitrogens with zero attached hydrogens (tertiary/aromatic N) is 2. The van der Waals surface area contributed by atoms with Crippen LogP contribution in [0.15, 0.2) is 29.3 Å². The van der Waals surface area contributed by atoms with Gasteiger partial charge in [0.2, 0.25) is 0 Å². The third-order valence-corrected chi connectivity index (χ3v) is 4.33. The first-order valence-corrected chi connectivity index (χ1v) is 9.51. The topological polar surface area (TPSA) is 68.8 Å². The molecule has 1 saturated heterocycles. The summed E-state index contributed by atoms with van der Waals surface area (Å²) in [5.41, 5.74) is 1.53. The maximum absolute atomic E-state index is 12.5. The molecule has 1 aliphatic rings. The van der Waals surface area contributed by atoms with Crippen molar-refractivity contribution in [2.24, 2.45) is 4.99 Å². The highest BCUT2D eigenvalue weighted by molar-refractivity contribution is 14.0. The Hall–Kier alpha value is -1.56. The average Bonchev–Trinajstić information content (AvgIpc) is 3.05. The van der Waals surface area contributed by atoms with Crippen molar-refractivity contribution in [2.45, 2.75) is 39.0 Å². The molecule has 1 aromatic carbocycles. The van der Waals surface area contributed by atoms with Crippen LogP contribution >= 0.6 is 24.0 Å². The summed E-state index contributed by atoms with van der Waals surface area (Å²) in [7, 11) is 0. The third-order valence-electron chi connectivity index (χ3n) is 4.33. The standard InChI is InChI=1S/C19H28F3N5O.HI/c1-3-23-17(28)15-7-5-14(6-8-15)11-25-18(24-4-2)26-16-9-10-27(12-16)13-19(20,21)22;/h5-8,16H,3-4,9-13H2,1-2H3,(H,23,28)(H2,24,25,26);1H. The molecule has 10 heteroatoms. The molecule has 0 spiro atoms. The molecule has 2 rings (SSSR count).